The topological polar surface area (TPSA) is 0 Å². The van der Waals surface area contributed by atoms with Gasteiger partial charge in [-0.1, -0.05) is 56.7 Å². The Kier molecular flexibility index (Phi) is 6.51. The third kappa shape index (κ3) is 4.43. The quantitative estimate of drug-likeness (QED) is 0.387. The monoisotopic (exact) mass is 406 g/mol. The number of hydrogen-bond donors (Lipinski definition) is 0. The van der Waals surface area contributed by atoms with Gasteiger partial charge in [-0.05, 0) is 96.6 Å². The summed E-state index contributed by atoms with van der Waals surface area (Å²) in [5, 5.41) is 1.16. The lowest BCUT2D eigenvalue weighted by molar-refractivity contribution is 0.319. The lowest BCUT2D eigenvalue weighted by Gasteiger charge is -2.28. The third-order valence-corrected chi connectivity index (χ3v) is 7.13. The van der Waals surface area contributed by atoms with Gasteiger partial charge in [0, 0.05) is 5.39 Å². The minimum absolute atomic E-state index is 0.387. The van der Waals surface area contributed by atoms with E-state index in [1.807, 2.05) is 25.1 Å². The second-order valence-electron chi connectivity index (χ2n) is 8.94. The highest BCUT2D eigenvalue weighted by Gasteiger charge is 2.21. The Morgan fingerprint density at radius 2 is 1.47 bits per heavy atom. The molecule has 0 unspecified atom stereocenters. The highest BCUT2D eigenvalue weighted by atomic mass is 19.2. The van der Waals surface area contributed by atoms with Gasteiger partial charge >= 0.3 is 0 Å². The van der Waals surface area contributed by atoms with Crippen LogP contribution in [0.2, 0.25) is 0 Å². The zero-order chi connectivity index (χ0) is 21.1. The lowest BCUT2D eigenvalue weighted by Crippen LogP contribution is -2.12. The fourth-order valence-electron chi connectivity index (χ4n) is 4.97. The Morgan fingerprint density at radius 3 is 2.13 bits per heavy atom. The Bertz CT molecular complexity index is 995. The van der Waals surface area contributed by atoms with Gasteiger partial charge in [0.2, 0.25) is 0 Å². The van der Waals surface area contributed by atoms with E-state index in [-0.39, 0.29) is 0 Å². The molecule has 0 saturated heterocycles. The molecule has 0 amide bonds. The zero-order valence-corrected chi connectivity index (χ0v) is 18.2. The fourth-order valence-corrected chi connectivity index (χ4v) is 4.97. The van der Waals surface area contributed by atoms with Gasteiger partial charge in [0.1, 0.15) is 0 Å². The summed E-state index contributed by atoms with van der Waals surface area (Å²) in [5.74, 6) is 0.184. The normalized spacial score (nSPS) is 19.3. The van der Waals surface area contributed by atoms with Crippen LogP contribution in [0.15, 0.2) is 48.5 Å². The van der Waals surface area contributed by atoms with Crippen LogP contribution in [0.4, 0.5) is 8.78 Å². The first-order chi connectivity index (χ1) is 14.6. The van der Waals surface area contributed by atoms with Gasteiger partial charge in [0.25, 0.3) is 0 Å². The van der Waals surface area contributed by atoms with E-state index in [1.54, 1.807) is 6.07 Å². The van der Waals surface area contributed by atoms with Gasteiger partial charge in [-0.3, -0.25) is 0 Å². The van der Waals surface area contributed by atoms with Crippen LogP contribution in [-0.4, -0.2) is 0 Å². The molecule has 3 aromatic carbocycles. The summed E-state index contributed by atoms with van der Waals surface area (Å²) in [5.41, 5.74) is 4.10. The molecule has 0 heterocycles. The van der Waals surface area contributed by atoms with Crippen LogP contribution in [0.25, 0.3) is 10.8 Å². The number of aryl methyl sites for hydroxylation is 3. The van der Waals surface area contributed by atoms with Gasteiger partial charge in [-0.2, -0.15) is 0 Å². The van der Waals surface area contributed by atoms with Crippen molar-refractivity contribution in [2.24, 2.45) is 5.92 Å². The van der Waals surface area contributed by atoms with Crippen molar-refractivity contribution in [3.05, 3.63) is 82.4 Å². The summed E-state index contributed by atoms with van der Waals surface area (Å²) in [6.07, 6.45) is 8.61. The molecule has 158 valence electrons. The molecule has 0 spiro atoms. The first-order valence-electron chi connectivity index (χ1n) is 11.6. The van der Waals surface area contributed by atoms with E-state index in [2.05, 4.69) is 31.2 Å². The minimum atomic E-state index is -0.712. The summed E-state index contributed by atoms with van der Waals surface area (Å²) < 4.78 is 29.3. The van der Waals surface area contributed by atoms with Crippen LogP contribution in [0, 0.1) is 17.6 Å². The fraction of sp³-hybridized carbons (Fsp3) is 0.429. The molecular formula is C28H32F2. The predicted octanol–water partition coefficient (Wildman–Crippen LogP) is 8.15. The Labute approximate surface area is 179 Å². The van der Waals surface area contributed by atoms with E-state index >= 15 is 0 Å². The number of halogens is 2. The van der Waals surface area contributed by atoms with E-state index in [1.165, 1.54) is 43.2 Å². The molecule has 1 saturated carbocycles. The summed E-state index contributed by atoms with van der Waals surface area (Å²) in [7, 11) is 0. The summed E-state index contributed by atoms with van der Waals surface area (Å²) in [6, 6.07) is 16.3. The van der Waals surface area contributed by atoms with Gasteiger partial charge in [-0.15, -0.1) is 0 Å². The maximum atomic E-state index is 14.7. The van der Waals surface area contributed by atoms with Crippen molar-refractivity contribution < 1.29 is 8.78 Å². The predicted molar refractivity (Wildman–Crippen MR) is 122 cm³/mol. The summed E-state index contributed by atoms with van der Waals surface area (Å²) >= 11 is 0. The molecule has 0 bridgehead atoms. The second-order valence-corrected chi connectivity index (χ2v) is 8.94. The average Bonchev–Trinajstić information content (AvgIpc) is 2.80. The van der Waals surface area contributed by atoms with Crippen molar-refractivity contribution >= 4 is 10.8 Å². The molecule has 0 atom stereocenters. The Hall–Kier alpha value is -2.22. The molecular weight excluding hydrogens is 374 g/mol. The zero-order valence-electron chi connectivity index (χ0n) is 18.2. The van der Waals surface area contributed by atoms with Crippen molar-refractivity contribution in [3.8, 4) is 0 Å². The van der Waals surface area contributed by atoms with E-state index in [0.29, 0.717) is 23.3 Å². The molecule has 0 radical (unpaired) electrons. The van der Waals surface area contributed by atoms with E-state index in [9.17, 15) is 8.78 Å². The first kappa shape index (κ1) is 21.0. The van der Waals surface area contributed by atoms with Gasteiger partial charge < -0.3 is 0 Å². The summed E-state index contributed by atoms with van der Waals surface area (Å²) in [6.45, 7) is 4.32. The van der Waals surface area contributed by atoms with Crippen LogP contribution >= 0.6 is 0 Å². The third-order valence-electron chi connectivity index (χ3n) is 7.13. The van der Waals surface area contributed by atoms with Crippen LogP contribution in [0.1, 0.15) is 74.1 Å². The van der Waals surface area contributed by atoms with E-state index in [0.717, 1.165) is 29.7 Å². The van der Waals surface area contributed by atoms with Crippen molar-refractivity contribution in [1.82, 2.24) is 0 Å². The molecule has 0 N–H and O–H groups in total. The highest BCUT2D eigenvalue weighted by molar-refractivity contribution is 5.84. The standard InChI is InChI=1S/C28H32F2/c1-3-19-5-11-22(12-6-19)23-13-8-21(9-14-23)10-16-25-18-24-15-7-20(4-2)17-26(24)28(30)27(25)29/h7-9,13-15,17-19,22H,3-6,10-12,16H2,1-2H3. The highest BCUT2D eigenvalue weighted by Crippen LogP contribution is 2.37. The molecule has 1 aliphatic rings. The minimum Gasteiger partial charge on any atom is -0.203 e. The maximum Gasteiger partial charge on any atom is 0.166 e. The molecule has 1 fully saturated rings. The Balaban J connectivity index is 1.44. The average molecular weight is 407 g/mol. The largest absolute Gasteiger partial charge is 0.203 e. The number of hydrogen-bond acceptors (Lipinski definition) is 0. The molecule has 4 rings (SSSR count). The number of benzene rings is 3. The van der Waals surface area contributed by atoms with Crippen molar-refractivity contribution in [3.63, 3.8) is 0 Å². The van der Waals surface area contributed by atoms with Gasteiger partial charge in [-0.25, -0.2) is 8.78 Å². The first-order valence-corrected chi connectivity index (χ1v) is 11.6. The van der Waals surface area contributed by atoms with Crippen molar-refractivity contribution in [2.75, 3.05) is 0 Å². The molecule has 3 aromatic rings. The smallest absolute Gasteiger partial charge is 0.166 e. The second kappa shape index (κ2) is 9.29. The molecule has 2 heteroatoms. The summed E-state index contributed by atoms with van der Waals surface area (Å²) in [4.78, 5) is 0. The van der Waals surface area contributed by atoms with E-state index < -0.39 is 11.6 Å². The maximum absolute atomic E-state index is 14.7. The molecule has 30 heavy (non-hydrogen) atoms. The molecule has 0 nitrogen and oxygen atoms in total. The SMILES string of the molecule is CCc1ccc2cc(CCc3ccc(C4CCC(CC)CC4)cc3)c(F)c(F)c2c1. The molecule has 0 aliphatic heterocycles. The van der Waals surface area contributed by atoms with Gasteiger partial charge in [0.15, 0.2) is 11.6 Å². The van der Waals surface area contributed by atoms with Crippen LogP contribution in [0.5, 0.6) is 0 Å². The number of fused-ring (bicyclic) bond motifs is 1. The van der Waals surface area contributed by atoms with E-state index in [4.69, 9.17) is 0 Å². The van der Waals surface area contributed by atoms with Crippen LogP contribution in [0.3, 0.4) is 0 Å². The molecule has 0 aromatic heterocycles. The van der Waals surface area contributed by atoms with Gasteiger partial charge in [0.05, 0.1) is 0 Å². The lowest BCUT2D eigenvalue weighted by atomic mass is 9.78. The van der Waals surface area contributed by atoms with Crippen molar-refractivity contribution in [2.45, 2.75) is 71.1 Å². The van der Waals surface area contributed by atoms with Crippen LogP contribution < -0.4 is 0 Å². The van der Waals surface area contributed by atoms with Crippen LogP contribution in [-0.2, 0) is 19.3 Å². The number of rotatable bonds is 6. The Morgan fingerprint density at radius 1 is 0.767 bits per heavy atom. The van der Waals surface area contributed by atoms with Crippen molar-refractivity contribution in [1.29, 1.82) is 0 Å². The molecule has 1 aliphatic carbocycles.